The van der Waals surface area contributed by atoms with Gasteiger partial charge in [0.1, 0.15) is 0 Å². The molecule has 2 nitrogen and oxygen atoms in total. The summed E-state index contributed by atoms with van der Waals surface area (Å²) in [5.74, 6) is 2.22. The van der Waals surface area contributed by atoms with Gasteiger partial charge in [0, 0.05) is 0 Å². The van der Waals surface area contributed by atoms with Crippen LogP contribution >= 0.6 is 0 Å². The molecule has 0 aromatic carbocycles. The monoisotopic (exact) mass is 316 g/mol. The van der Waals surface area contributed by atoms with Gasteiger partial charge in [0.25, 0.3) is 0 Å². The van der Waals surface area contributed by atoms with E-state index < -0.39 is 11.4 Å². The van der Waals surface area contributed by atoms with Crippen molar-refractivity contribution in [1.29, 1.82) is 0 Å². The van der Waals surface area contributed by atoms with Crippen LogP contribution in [0.25, 0.3) is 0 Å². The van der Waals surface area contributed by atoms with E-state index in [0.717, 1.165) is 43.9 Å². The van der Waals surface area contributed by atoms with Gasteiger partial charge in [-0.1, -0.05) is 31.9 Å². The zero-order valence-corrected chi connectivity index (χ0v) is 14.8. The maximum absolute atomic E-state index is 12.4. The van der Waals surface area contributed by atoms with E-state index in [1.54, 1.807) is 0 Å². The van der Waals surface area contributed by atoms with Gasteiger partial charge in [0.15, 0.2) is 0 Å². The molecule has 1 N–H and O–H groups in total. The van der Waals surface area contributed by atoms with Crippen LogP contribution in [0.3, 0.4) is 0 Å². The average Bonchev–Trinajstić information content (AvgIpc) is 2.90. The van der Waals surface area contributed by atoms with Crippen LogP contribution in [0.5, 0.6) is 0 Å². The lowest BCUT2D eigenvalue weighted by molar-refractivity contribution is -0.159. The van der Waals surface area contributed by atoms with E-state index in [-0.39, 0.29) is 0 Å². The maximum atomic E-state index is 12.4. The molecule has 23 heavy (non-hydrogen) atoms. The normalized spacial score (nSPS) is 48.9. The summed E-state index contributed by atoms with van der Waals surface area (Å²) in [5, 5.41) is 10.2. The summed E-state index contributed by atoms with van der Waals surface area (Å²) in [6.45, 7) is 4.89. The van der Waals surface area contributed by atoms with Crippen molar-refractivity contribution < 1.29 is 9.90 Å². The minimum Gasteiger partial charge on any atom is -0.481 e. The molecular weight excluding hydrogens is 284 g/mol. The molecule has 4 aliphatic rings. The standard InChI is InChI=1S/C21H32O2/c1-3-14-8-10-17-16-9-7-15-6-4-5-12-21(15,19(22)23)18(16)11-13-20(14,17)2/h6,14,16-18H,3-5,7-13H2,1-2H3,(H,22,23)/t14-,16-,17-,18-,20+,21+/m0/s1. The molecular formula is C21H32O2. The van der Waals surface area contributed by atoms with Crippen LogP contribution in [0.2, 0.25) is 0 Å². The number of allylic oxidation sites excluding steroid dienone is 1. The number of fused-ring (bicyclic) bond motifs is 5. The van der Waals surface area contributed by atoms with Gasteiger partial charge in [-0.2, -0.15) is 0 Å². The van der Waals surface area contributed by atoms with Gasteiger partial charge >= 0.3 is 5.97 Å². The summed E-state index contributed by atoms with van der Waals surface area (Å²) in [6, 6.07) is 0. The molecule has 0 saturated heterocycles. The fourth-order valence-electron chi connectivity index (χ4n) is 7.55. The number of aliphatic carboxylic acids is 1. The zero-order chi connectivity index (χ0) is 16.2. The quantitative estimate of drug-likeness (QED) is 0.690. The second kappa shape index (κ2) is 5.36. The van der Waals surface area contributed by atoms with Gasteiger partial charge in [-0.05, 0) is 86.9 Å². The Morgan fingerprint density at radius 2 is 2.04 bits per heavy atom. The van der Waals surface area contributed by atoms with Crippen LogP contribution < -0.4 is 0 Å². The third-order valence-corrected chi connectivity index (χ3v) is 8.63. The lowest BCUT2D eigenvalue weighted by atomic mass is 9.46. The van der Waals surface area contributed by atoms with E-state index in [9.17, 15) is 9.90 Å². The second-order valence-corrected chi connectivity index (χ2v) is 9.04. The fraction of sp³-hybridized carbons (Fsp3) is 0.857. The van der Waals surface area contributed by atoms with E-state index in [1.165, 1.54) is 37.7 Å². The zero-order valence-electron chi connectivity index (χ0n) is 14.8. The van der Waals surface area contributed by atoms with Gasteiger partial charge in [0.2, 0.25) is 0 Å². The van der Waals surface area contributed by atoms with Gasteiger partial charge in [-0.25, -0.2) is 0 Å². The molecule has 2 heteroatoms. The van der Waals surface area contributed by atoms with Gasteiger partial charge in [0.05, 0.1) is 5.41 Å². The average molecular weight is 316 g/mol. The van der Waals surface area contributed by atoms with E-state index in [1.807, 2.05) is 0 Å². The number of carbonyl (C=O) groups is 1. The Labute approximate surface area is 140 Å². The second-order valence-electron chi connectivity index (χ2n) is 9.04. The lowest BCUT2D eigenvalue weighted by Gasteiger charge is -2.57. The van der Waals surface area contributed by atoms with Crippen LogP contribution in [-0.2, 0) is 4.79 Å². The van der Waals surface area contributed by atoms with Crippen LogP contribution in [0, 0.1) is 34.5 Å². The SMILES string of the molecule is CC[C@H]1CC[C@H]2[C@@H]3CCC4=CCCC[C@]4(C(=O)O)[C@H]3CC[C@]12C. The molecule has 0 aromatic rings. The van der Waals surface area contributed by atoms with E-state index in [0.29, 0.717) is 17.3 Å². The van der Waals surface area contributed by atoms with Crippen LogP contribution in [0.15, 0.2) is 11.6 Å². The van der Waals surface area contributed by atoms with Crippen molar-refractivity contribution in [3.63, 3.8) is 0 Å². The minimum atomic E-state index is -0.508. The van der Waals surface area contributed by atoms with E-state index in [4.69, 9.17) is 0 Å². The van der Waals surface area contributed by atoms with Crippen molar-refractivity contribution in [2.75, 3.05) is 0 Å². The van der Waals surface area contributed by atoms with Crippen molar-refractivity contribution in [3.8, 4) is 0 Å². The first-order chi connectivity index (χ1) is 11.0. The van der Waals surface area contributed by atoms with E-state index >= 15 is 0 Å². The first-order valence-corrected chi connectivity index (χ1v) is 9.97. The summed E-state index contributed by atoms with van der Waals surface area (Å²) < 4.78 is 0. The highest BCUT2D eigenvalue weighted by atomic mass is 16.4. The summed E-state index contributed by atoms with van der Waals surface area (Å²) in [6.07, 6.45) is 14.1. The largest absolute Gasteiger partial charge is 0.481 e. The number of carboxylic acids is 1. The topological polar surface area (TPSA) is 37.3 Å². The van der Waals surface area contributed by atoms with Crippen molar-refractivity contribution in [1.82, 2.24) is 0 Å². The molecule has 0 aliphatic heterocycles. The Morgan fingerprint density at radius 3 is 2.78 bits per heavy atom. The van der Waals surface area contributed by atoms with E-state index in [2.05, 4.69) is 19.9 Å². The van der Waals surface area contributed by atoms with Crippen LogP contribution in [0.4, 0.5) is 0 Å². The predicted molar refractivity (Wildman–Crippen MR) is 92.1 cm³/mol. The van der Waals surface area contributed by atoms with Crippen molar-refractivity contribution in [2.24, 2.45) is 34.5 Å². The Kier molecular flexibility index (Phi) is 3.66. The molecule has 3 saturated carbocycles. The number of rotatable bonds is 2. The van der Waals surface area contributed by atoms with Crippen molar-refractivity contribution >= 4 is 5.97 Å². The fourth-order valence-corrected chi connectivity index (χ4v) is 7.55. The molecule has 0 spiro atoms. The van der Waals surface area contributed by atoms with Crippen LogP contribution in [0.1, 0.15) is 78.1 Å². The lowest BCUT2D eigenvalue weighted by Crippen LogP contribution is -2.54. The molecule has 0 heterocycles. The summed E-state index contributed by atoms with van der Waals surface area (Å²) in [4.78, 5) is 12.4. The first-order valence-electron chi connectivity index (χ1n) is 9.97. The maximum Gasteiger partial charge on any atom is 0.314 e. The number of carboxylic acid groups (broad SMARTS) is 1. The van der Waals surface area contributed by atoms with Gasteiger partial charge < -0.3 is 5.11 Å². The minimum absolute atomic E-state index is 0.411. The highest BCUT2D eigenvalue weighted by Crippen LogP contribution is 2.67. The number of hydrogen-bond acceptors (Lipinski definition) is 1. The molecule has 6 atom stereocenters. The molecule has 3 fully saturated rings. The Hall–Kier alpha value is -0.790. The Morgan fingerprint density at radius 1 is 1.22 bits per heavy atom. The molecule has 4 rings (SSSR count). The first kappa shape index (κ1) is 15.7. The molecule has 4 aliphatic carbocycles. The highest BCUT2D eigenvalue weighted by molar-refractivity contribution is 5.80. The van der Waals surface area contributed by atoms with Crippen LogP contribution in [-0.4, -0.2) is 11.1 Å². The molecule has 0 aromatic heterocycles. The third-order valence-electron chi connectivity index (χ3n) is 8.63. The summed E-state index contributed by atoms with van der Waals surface area (Å²) >= 11 is 0. The summed E-state index contributed by atoms with van der Waals surface area (Å²) in [7, 11) is 0. The van der Waals surface area contributed by atoms with Gasteiger partial charge in [-0.3, -0.25) is 4.79 Å². The molecule has 0 bridgehead atoms. The Balaban J connectivity index is 1.72. The molecule has 0 radical (unpaired) electrons. The van der Waals surface area contributed by atoms with Gasteiger partial charge in [-0.15, -0.1) is 0 Å². The number of hydrogen-bond donors (Lipinski definition) is 1. The third kappa shape index (κ3) is 1.96. The molecule has 128 valence electrons. The predicted octanol–water partition coefficient (Wildman–Crippen LogP) is 5.43. The summed E-state index contributed by atoms with van der Waals surface area (Å²) in [5.41, 5.74) is 1.30. The van der Waals surface area contributed by atoms with Crippen molar-refractivity contribution in [3.05, 3.63) is 11.6 Å². The smallest absolute Gasteiger partial charge is 0.314 e. The highest BCUT2D eigenvalue weighted by Gasteiger charge is 2.61. The molecule has 0 amide bonds. The van der Waals surface area contributed by atoms with Crippen molar-refractivity contribution in [2.45, 2.75) is 78.1 Å². The Bertz CT molecular complexity index is 536. The molecule has 0 unspecified atom stereocenters.